The second kappa shape index (κ2) is 6.29. The Balaban J connectivity index is 1.36. The van der Waals surface area contributed by atoms with Crippen molar-refractivity contribution in [2.45, 2.75) is 32.2 Å². The first-order valence-corrected chi connectivity index (χ1v) is 9.46. The molecule has 6 nitrogen and oxygen atoms in total. The van der Waals surface area contributed by atoms with Gasteiger partial charge < -0.3 is 10.2 Å². The molecule has 1 amide bonds. The smallest absolute Gasteiger partial charge is 0.262 e. The van der Waals surface area contributed by atoms with Crippen molar-refractivity contribution >= 4 is 27.5 Å². The summed E-state index contributed by atoms with van der Waals surface area (Å²) in [7, 11) is 0. The maximum atomic E-state index is 12.5. The maximum absolute atomic E-state index is 12.5. The first kappa shape index (κ1) is 15.8. The standard InChI is InChI=1S/C17H22N4O2S/c22-14(20-8-4-17(5-9-20)3-6-18-11-17)1-7-21-12-19-15-13(16(21)23)2-10-24-15/h2,10,12,18H,1,3-9,11H2. The number of carbonyl (C=O) groups is 1. The van der Waals surface area contributed by atoms with Gasteiger partial charge in [-0.25, -0.2) is 4.98 Å². The maximum Gasteiger partial charge on any atom is 0.262 e. The molecule has 4 rings (SSSR count). The number of carbonyl (C=O) groups excluding carboxylic acids is 1. The Morgan fingerprint density at radius 2 is 2.17 bits per heavy atom. The summed E-state index contributed by atoms with van der Waals surface area (Å²) >= 11 is 1.46. The van der Waals surface area contributed by atoms with E-state index in [0.717, 1.165) is 43.9 Å². The highest BCUT2D eigenvalue weighted by atomic mass is 32.1. The van der Waals surface area contributed by atoms with Gasteiger partial charge in [0.25, 0.3) is 5.56 Å². The summed E-state index contributed by atoms with van der Waals surface area (Å²) < 4.78 is 1.55. The number of aromatic nitrogens is 2. The molecule has 0 atom stereocenters. The van der Waals surface area contributed by atoms with Crippen molar-refractivity contribution in [1.82, 2.24) is 19.8 Å². The topological polar surface area (TPSA) is 67.2 Å². The van der Waals surface area contributed by atoms with E-state index in [0.29, 0.717) is 23.8 Å². The fourth-order valence-electron chi connectivity index (χ4n) is 3.88. The minimum Gasteiger partial charge on any atom is -0.343 e. The Bertz CT molecular complexity index is 796. The molecule has 2 fully saturated rings. The summed E-state index contributed by atoms with van der Waals surface area (Å²) in [4.78, 5) is 31.8. The molecular formula is C17H22N4O2S. The van der Waals surface area contributed by atoms with Crippen LogP contribution in [0.15, 0.2) is 22.6 Å². The first-order chi connectivity index (χ1) is 11.7. The van der Waals surface area contributed by atoms with Gasteiger partial charge in [0.1, 0.15) is 4.83 Å². The van der Waals surface area contributed by atoms with Crippen LogP contribution >= 0.6 is 11.3 Å². The van der Waals surface area contributed by atoms with Crippen LogP contribution in [0.25, 0.3) is 10.2 Å². The lowest BCUT2D eigenvalue weighted by Crippen LogP contribution is -2.44. The van der Waals surface area contributed by atoms with E-state index in [-0.39, 0.29) is 11.5 Å². The predicted octanol–water partition coefficient (Wildman–Crippen LogP) is 1.45. The van der Waals surface area contributed by atoms with Gasteiger partial charge in [-0.15, -0.1) is 11.3 Å². The predicted molar refractivity (Wildman–Crippen MR) is 94.2 cm³/mol. The molecule has 24 heavy (non-hydrogen) atoms. The van der Waals surface area contributed by atoms with Crippen LogP contribution in [0.1, 0.15) is 25.7 Å². The number of nitrogens with zero attached hydrogens (tertiary/aromatic N) is 3. The van der Waals surface area contributed by atoms with E-state index < -0.39 is 0 Å². The zero-order valence-electron chi connectivity index (χ0n) is 13.7. The van der Waals surface area contributed by atoms with Crippen molar-refractivity contribution in [3.8, 4) is 0 Å². The van der Waals surface area contributed by atoms with Crippen LogP contribution in [-0.2, 0) is 11.3 Å². The zero-order chi connectivity index (χ0) is 16.6. The summed E-state index contributed by atoms with van der Waals surface area (Å²) in [5.41, 5.74) is 0.366. The van der Waals surface area contributed by atoms with E-state index in [9.17, 15) is 9.59 Å². The molecule has 128 valence electrons. The average molecular weight is 346 g/mol. The van der Waals surface area contributed by atoms with Crippen LogP contribution in [0.2, 0.25) is 0 Å². The van der Waals surface area contributed by atoms with Gasteiger partial charge in [-0.3, -0.25) is 14.2 Å². The summed E-state index contributed by atoms with van der Waals surface area (Å²) in [6.45, 7) is 4.29. The highest BCUT2D eigenvalue weighted by Gasteiger charge is 2.37. The number of hydrogen-bond donors (Lipinski definition) is 1. The van der Waals surface area contributed by atoms with E-state index in [1.165, 1.54) is 17.8 Å². The lowest BCUT2D eigenvalue weighted by molar-refractivity contribution is -0.133. The van der Waals surface area contributed by atoms with Crippen LogP contribution in [0.3, 0.4) is 0 Å². The van der Waals surface area contributed by atoms with Crippen molar-refractivity contribution in [3.63, 3.8) is 0 Å². The number of rotatable bonds is 3. The van der Waals surface area contributed by atoms with Crippen molar-refractivity contribution in [3.05, 3.63) is 28.1 Å². The third-order valence-corrected chi connectivity index (χ3v) is 6.35. The van der Waals surface area contributed by atoms with E-state index in [2.05, 4.69) is 10.3 Å². The monoisotopic (exact) mass is 346 g/mol. The van der Waals surface area contributed by atoms with Gasteiger partial charge in [0.2, 0.25) is 5.91 Å². The summed E-state index contributed by atoms with van der Waals surface area (Å²) in [6.07, 6.45) is 5.34. The van der Waals surface area contributed by atoms with Crippen LogP contribution in [0, 0.1) is 5.41 Å². The number of thiophene rings is 1. The van der Waals surface area contributed by atoms with Gasteiger partial charge in [0, 0.05) is 32.6 Å². The Morgan fingerprint density at radius 3 is 2.92 bits per heavy atom. The molecule has 4 heterocycles. The normalized spacial score (nSPS) is 20.1. The molecule has 0 aromatic carbocycles. The summed E-state index contributed by atoms with van der Waals surface area (Å²) in [5.74, 6) is 0.146. The lowest BCUT2D eigenvalue weighted by Gasteiger charge is -2.39. The third kappa shape index (κ3) is 2.86. The largest absolute Gasteiger partial charge is 0.343 e. The molecule has 0 unspecified atom stereocenters. The molecule has 0 bridgehead atoms. The van der Waals surface area contributed by atoms with E-state index >= 15 is 0 Å². The number of fused-ring (bicyclic) bond motifs is 1. The van der Waals surface area contributed by atoms with Gasteiger partial charge in [0.05, 0.1) is 11.7 Å². The molecule has 1 N–H and O–H groups in total. The van der Waals surface area contributed by atoms with Crippen molar-refractivity contribution in [2.75, 3.05) is 26.2 Å². The highest BCUT2D eigenvalue weighted by molar-refractivity contribution is 7.16. The Labute approximate surface area is 144 Å². The van der Waals surface area contributed by atoms with E-state index in [4.69, 9.17) is 0 Å². The Kier molecular flexibility index (Phi) is 4.14. The van der Waals surface area contributed by atoms with Gasteiger partial charge >= 0.3 is 0 Å². The molecule has 0 aliphatic carbocycles. The Hall–Kier alpha value is -1.73. The molecular weight excluding hydrogens is 324 g/mol. The van der Waals surface area contributed by atoms with Gasteiger partial charge in [0.15, 0.2) is 0 Å². The summed E-state index contributed by atoms with van der Waals surface area (Å²) in [5, 5.41) is 5.96. The van der Waals surface area contributed by atoms with Crippen LogP contribution < -0.4 is 10.9 Å². The molecule has 2 aliphatic rings. The molecule has 0 radical (unpaired) electrons. The van der Waals surface area contributed by atoms with E-state index in [1.807, 2.05) is 10.3 Å². The second-order valence-electron chi connectivity index (χ2n) is 6.94. The molecule has 2 aromatic heterocycles. The fraction of sp³-hybridized carbons (Fsp3) is 0.588. The highest BCUT2D eigenvalue weighted by Crippen LogP contribution is 2.36. The van der Waals surface area contributed by atoms with E-state index in [1.54, 1.807) is 17.0 Å². The van der Waals surface area contributed by atoms with Crippen LogP contribution in [0.5, 0.6) is 0 Å². The van der Waals surface area contributed by atoms with Gasteiger partial charge in [-0.05, 0) is 42.7 Å². The Morgan fingerprint density at radius 1 is 1.33 bits per heavy atom. The number of piperidine rings is 1. The molecule has 2 aliphatic heterocycles. The van der Waals surface area contributed by atoms with Gasteiger partial charge in [-0.1, -0.05) is 0 Å². The zero-order valence-corrected chi connectivity index (χ0v) is 14.5. The molecule has 2 saturated heterocycles. The SMILES string of the molecule is O=C(CCn1cnc2sccc2c1=O)N1CCC2(CCNC2)CC1. The molecule has 0 saturated carbocycles. The number of hydrogen-bond acceptors (Lipinski definition) is 5. The van der Waals surface area contributed by atoms with Crippen molar-refractivity contribution < 1.29 is 4.79 Å². The first-order valence-electron chi connectivity index (χ1n) is 8.58. The number of amides is 1. The second-order valence-corrected chi connectivity index (χ2v) is 7.83. The lowest BCUT2D eigenvalue weighted by atomic mass is 9.78. The average Bonchev–Trinajstić information content (AvgIpc) is 3.25. The minimum atomic E-state index is -0.0522. The number of nitrogens with one attached hydrogen (secondary N) is 1. The van der Waals surface area contributed by atoms with Crippen molar-refractivity contribution in [1.29, 1.82) is 0 Å². The summed E-state index contributed by atoms with van der Waals surface area (Å²) in [6, 6.07) is 1.80. The van der Waals surface area contributed by atoms with Crippen LogP contribution in [0.4, 0.5) is 0 Å². The fourth-order valence-corrected chi connectivity index (χ4v) is 4.60. The molecule has 2 aromatic rings. The quantitative estimate of drug-likeness (QED) is 0.913. The molecule has 7 heteroatoms. The van der Waals surface area contributed by atoms with Gasteiger partial charge in [-0.2, -0.15) is 0 Å². The molecule has 1 spiro atoms. The van der Waals surface area contributed by atoms with Crippen molar-refractivity contribution in [2.24, 2.45) is 5.41 Å². The third-order valence-electron chi connectivity index (χ3n) is 5.53. The number of likely N-dealkylation sites (tertiary alicyclic amines) is 1. The minimum absolute atomic E-state index is 0.0522. The number of aryl methyl sites for hydroxylation is 1. The van der Waals surface area contributed by atoms with Crippen LogP contribution in [-0.4, -0.2) is 46.5 Å².